The minimum Gasteiger partial charge on any atom is -0.367 e. The van der Waals surface area contributed by atoms with Crippen molar-refractivity contribution in [1.82, 2.24) is 15.2 Å². The predicted molar refractivity (Wildman–Crippen MR) is 101 cm³/mol. The number of aromatic nitrogens is 1. The van der Waals surface area contributed by atoms with E-state index in [1.54, 1.807) is 0 Å². The maximum absolute atomic E-state index is 12.8. The number of fused-ring (bicyclic) bond motifs is 1. The molecule has 0 atom stereocenters. The summed E-state index contributed by atoms with van der Waals surface area (Å²) in [5.41, 5.74) is 3.65. The Morgan fingerprint density at radius 2 is 1.85 bits per heavy atom. The van der Waals surface area contributed by atoms with Gasteiger partial charge in [0.2, 0.25) is 0 Å². The van der Waals surface area contributed by atoms with Crippen LogP contribution in [0.1, 0.15) is 35.9 Å². The Labute approximate surface area is 155 Å². The average Bonchev–Trinajstić information content (AvgIpc) is 3.30. The van der Waals surface area contributed by atoms with Crippen molar-refractivity contribution in [2.24, 2.45) is 4.99 Å². The van der Waals surface area contributed by atoms with Gasteiger partial charge in [-0.3, -0.25) is 4.99 Å². The third-order valence-electron chi connectivity index (χ3n) is 4.57. The van der Waals surface area contributed by atoms with Gasteiger partial charge in [-0.15, -0.1) is 0 Å². The fraction of sp³-hybridized carbons (Fsp3) is 0.250. The third kappa shape index (κ3) is 3.25. The molecule has 0 spiro atoms. The van der Waals surface area contributed by atoms with E-state index >= 15 is 0 Å². The van der Waals surface area contributed by atoms with Crippen LogP contribution in [-0.4, -0.2) is 23.5 Å². The van der Waals surface area contributed by atoms with Gasteiger partial charge in [0.05, 0.1) is 34.9 Å². The van der Waals surface area contributed by atoms with E-state index in [1.807, 2.05) is 29.8 Å². The number of nitrogens with one attached hydrogen (secondary N) is 2. The van der Waals surface area contributed by atoms with Crippen LogP contribution in [0.25, 0.3) is 17.6 Å². The highest BCUT2D eigenvalue weighted by Gasteiger charge is 2.30. The summed E-state index contributed by atoms with van der Waals surface area (Å²) in [6, 6.07) is 9.22. The number of allylic oxidation sites excluding steroid dienone is 1. The molecule has 140 valence electrons. The topological polar surface area (TPSA) is 41.4 Å². The number of rotatable bonds is 3. The van der Waals surface area contributed by atoms with Crippen molar-refractivity contribution in [2.45, 2.75) is 19.5 Å². The number of benzene rings is 1. The molecule has 0 bridgehead atoms. The van der Waals surface area contributed by atoms with Gasteiger partial charge in [-0.25, -0.2) is 0 Å². The van der Waals surface area contributed by atoms with E-state index < -0.39 is 11.7 Å². The third-order valence-corrected chi connectivity index (χ3v) is 4.57. The molecular weight excluding hydrogens is 353 g/mol. The predicted octanol–water partition coefficient (Wildman–Crippen LogP) is 4.17. The SMILES string of the molecule is CC/C=C1/NC(c2ccc(C(F)(F)F)cc2)=Cn2c(C3=NCCN3)ccc21. The highest BCUT2D eigenvalue weighted by Crippen LogP contribution is 2.32. The smallest absolute Gasteiger partial charge is 0.367 e. The minimum atomic E-state index is -4.34. The molecule has 0 radical (unpaired) electrons. The zero-order valence-corrected chi connectivity index (χ0v) is 14.8. The lowest BCUT2D eigenvalue weighted by molar-refractivity contribution is -0.137. The first-order chi connectivity index (χ1) is 13.0. The molecule has 0 saturated heterocycles. The average molecular weight is 372 g/mol. The van der Waals surface area contributed by atoms with Crippen LogP contribution >= 0.6 is 0 Å². The van der Waals surface area contributed by atoms with Gasteiger partial charge in [-0.1, -0.05) is 25.1 Å². The summed E-state index contributed by atoms with van der Waals surface area (Å²) in [4.78, 5) is 4.48. The molecule has 0 amide bonds. The molecule has 4 rings (SSSR count). The first-order valence-corrected chi connectivity index (χ1v) is 8.84. The van der Waals surface area contributed by atoms with Gasteiger partial charge in [0.15, 0.2) is 0 Å². The van der Waals surface area contributed by atoms with Gasteiger partial charge in [0, 0.05) is 12.7 Å². The van der Waals surface area contributed by atoms with Crippen LogP contribution in [0.5, 0.6) is 0 Å². The van der Waals surface area contributed by atoms with Crippen LogP contribution in [0.15, 0.2) is 47.5 Å². The van der Waals surface area contributed by atoms with E-state index in [2.05, 4.69) is 21.7 Å². The van der Waals surface area contributed by atoms with Crippen LogP contribution in [-0.2, 0) is 6.18 Å². The molecule has 2 aromatic rings. The van der Waals surface area contributed by atoms with E-state index in [0.29, 0.717) is 5.56 Å². The van der Waals surface area contributed by atoms with E-state index in [9.17, 15) is 13.2 Å². The molecule has 1 aromatic heterocycles. The second-order valence-electron chi connectivity index (χ2n) is 6.40. The first kappa shape index (κ1) is 17.5. The van der Waals surface area contributed by atoms with Crippen LogP contribution in [0.4, 0.5) is 13.2 Å². The minimum absolute atomic E-state index is 0.654. The number of hydrogen-bond donors (Lipinski definition) is 2. The summed E-state index contributed by atoms with van der Waals surface area (Å²) in [6.45, 7) is 3.59. The summed E-state index contributed by atoms with van der Waals surface area (Å²) >= 11 is 0. The molecular formula is C20H19F3N4. The van der Waals surface area contributed by atoms with Gasteiger partial charge in [-0.2, -0.15) is 13.2 Å². The molecule has 0 unspecified atom stereocenters. The maximum atomic E-state index is 12.8. The summed E-state index contributed by atoms with van der Waals surface area (Å²) in [5.74, 6) is 0.835. The van der Waals surface area contributed by atoms with Crippen molar-refractivity contribution >= 4 is 23.4 Å². The molecule has 0 saturated carbocycles. The van der Waals surface area contributed by atoms with Crippen molar-refractivity contribution in [3.05, 3.63) is 65.0 Å². The zero-order valence-electron chi connectivity index (χ0n) is 14.8. The van der Waals surface area contributed by atoms with Crippen LogP contribution in [0.2, 0.25) is 0 Å². The lowest BCUT2D eigenvalue weighted by Gasteiger charge is -2.23. The second-order valence-corrected chi connectivity index (χ2v) is 6.40. The van der Waals surface area contributed by atoms with Crippen molar-refractivity contribution in [3.63, 3.8) is 0 Å². The van der Waals surface area contributed by atoms with E-state index in [1.165, 1.54) is 12.1 Å². The molecule has 2 N–H and O–H groups in total. The van der Waals surface area contributed by atoms with Crippen LogP contribution < -0.4 is 10.6 Å². The van der Waals surface area contributed by atoms with Crippen molar-refractivity contribution in [1.29, 1.82) is 0 Å². The first-order valence-electron chi connectivity index (χ1n) is 8.84. The molecule has 7 heteroatoms. The molecule has 27 heavy (non-hydrogen) atoms. The summed E-state index contributed by atoms with van der Waals surface area (Å²) in [6.07, 6.45) is 0.467. The summed E-state index contributed by atoms with van der Waals surface area (Å²) in [5, 5.41) is 6.62. The number of nitrogens with zero attached hydrogens (tertiary/aromatic N) is 2. The maximum Gasteiger partial charge on any atom is 0.416 e. The fourth-order valence-electron chi connectivity index (χ4n) is 3.29. The lowest BCUT2D eigenvalue weighted by Crippen LogP contribution is -2.25. The standard InChI is InChI=1S/C20H19F3N4/c1-2-3-15-17-8-9-18(19-24-10-11-25-19)27(17)12-16(26-15)13-4-6-14(7-5-13)20(21,22)23/h3-9,12,26H,2,10-11H2,1H3,(H,24,25)/b15-3+. The summed E-state index contributed by atoms with van der Waals surface area (Å²) in [7, 11) is 0. The molecule has 0 aliphatic carbocycles. The Hall–Kier alpha value is -2.96. The van der Waals surface area contributed by atoms with Gasteiger partial charge < -0.3 is 15.2 Å². The van der Waals surface area contributed by atoms with Gasteiger partial charge in [0.25, 0.3) is 0 Å². The molecule has 2 aliphatic rings. The van der Waals surface area contributed by atoms with Crippen LogP contribution in [0, 0.1) is 0 Å². The normalized spacial score (nSPS) is 17.9. The quantitative estimate of drug-likeness (QED) is 0.849. The van der Waals surface area contributed by atoms with E-state index in [-0.39, 0.29) is 0 Å². The Morgan fingerprint density at radius 3 is 2.48 bits per heavy atom. The van der Waals surface area contributed by atoms with Gasteiger partial charge in [-0.05, 0) is 36.2 Å². The number of aliphatic imine (C=N–C) groups is 1. The highest BCUT2D eigenvalue weighted by atomic mass is 19.4. The Kier molecular flexibility index (Phi) is 4.30. The van der Waals surface area contributed by atoms with Crippen LogP contribution in [0.3, 0.4) is 0 Å². The monoisotopic (exact) mass is 372 g/mol. The highest BCUT2D eigenvalue weighted by molar-refractivity contribution is 6.01. The van der Waals surface area contributed by atoms with Crippen molar-refractivity contribution in [2.75, 3.05) is 13.1 Å². The van der Waals surface area contributed by atoms with Gasteiger partial charge in [0.1, 0.15) is 5.84 Å². The molecule has 3 heterocycles. The van der Waals surface area contributed by atoms with Gasteiger partial charge >= 0.3 is 6.18 Å². The van der Waals surface area contributed by atoms with E-state index in [0.717, 1.165) is 60.3 Å². The molecule has 2 aliphatic heterocycles. The zero-order chi connectivity index (χ0) is 19.0. The largest absolute Gasteiger partial charge is 0.416 e. The number of amidine groups is 1. The summed E-state index contributed by atoms with van der Waals surface area (Å²) < 4.78 is 40.6. The Morgan fingerprint density at radius 1 is 1.11 bits per heavy atom. The lowest BCUT2D eigenvalue weighted by atomic mass is 10.1. The second kappa shape index (κ2) is 6.64. The van der Waals surface area contributed by atoms with Crippen molar-refractivity contribution < 1.29 is 13.2 Å². The Bertz CT molecular complexity index is 947. The van der Waals surface area contributed by atoms with E-state index in [4.69, 9.17) is 0 Å². The number of halogens is 3. The number of alkyl halides is 3. The molecule has 0 fully saturated rings. The number of hydrogen-bond acceptors (Lipinski definition) is 3. The van der Waals surface area contributed by atoms with Crippen molar-refractivity contribution in [3.8, 4) is 0 Å². The fourth-order valence-corrected chi connectivity index (χ4v) is 3.29. The molecule has 1 aromatic carbocycles. The Balaban J connectivity index is 1.77. The molecule has 4 nitrogen and oxygen atoms in total.